The van der Waals surface area contributed by atoms with Gasteiger partial charge >= 0.3 is 6.03 Å². The van der Waals surface area contributed by atoms with Crippen LogP contribution < -0.4 is 11.1 Å². The van der Waals surface area contributed by atoms with Crippen molar-refractivity contribution in [2.75, 3.05) is 26.3 Å². The van der Waals surface area contributed by atoms with Crippen LogP contribution in [0.15, 0.2) is 0 Å². The maximum Gasteiger partial charge on any atom is 0.317 e. The van der Waals surface area contributed by atoms with Crippen LogP contribution in [0.3, 0.4) is 0 Å². The number of amides is 2. The molecule has 0 unspecified atom stereocenters. The normalized spacial score (nSPS) is 31.2. The lowest BCUT2D eigenvalue weighted by Crippen LogP contribution is -2.50. The van der Waals surface area contributed by atoms with E-state index >= 15 is 0 Å². The lowest BCUT2D eigenvalue weighted by molar-refractivity contribution is 0.0521. The van der Waals surface area contributed by atoms with E-state index in [9.17, 15) is 4.79 Å². The molecule has 1 aliphatic heterocycles. The highest BCUT2D eigenvalue weighted by atomic mass is 16.5. The Balaban J connectivity index is 1.73. The smallest absolute Gasteiger partial charge is 0.317 e. The van der Waals surface area contributed by atoms with Crippen LogP contribution >= 0.6 is 0 Å². The first-order valence-electron chi connectivity index (χ1n) is 6.14. The van der Waals surface area contributed by atoms with E-state index < -0.39 is 0 Å². The number of ether oxygens (including phenoxy) is 1. The van der Waals surface area contributed by atoms with E-state index in [1.807, 2.05) is 4.90 Å². The molecule has 0 atom stereocenters. The van der Waals surface area contributed by atoms with Gasteiger partial charge in [-0.1, -0.05) is 0 Å². The Hall–Kier alpha value is -0.810. The molecule has 0 aromatic heterocycles. The first kappa shape index (κ1) is 11.7. The highest BCUT2D eigenvalue weighted by Gasteiger charge is 2.23. The van der Waals surface area contributed by atoms with Crippen molar-refractivity contribution in [2.45, 2.75) is 37.8 Å². The van der Waals surface area contributed by atoms with Crippen molar-refractivity contribution >= 4 is 6.03 Å². The number of morpholine rings is 1. The Morgan fingerprint density at radius 3 is 2.44 bits per heavy atom. The van der Waals surface area contributed by atoms with Crippen LogP contribution in [0.1, 0.15) is 25.7 Å². The first-order chi connectivity index (χ1) is 7.75. The van der Waals surface area contributed by atoms with E-state index in [2.05, 4.69) is 5.32 Å². The third-order valence-corrected chi connectivity index (χ3v) is 3.40. The average molecular weight is 227 g/mol. The van der Waals surface area contributed by atoms with E-state index in [-0.39, 0.29) is 6.03 Å². The molecule has 0 spiro atoms. The van der Waals surface area contributed by atoms with Crippen LogP contribution in [-0.2, 0) is 4.74 Å². The molecule has 2 amide bonds. The second-order valence-corrected chi connectivity index (χ2v) is 4.66. The van der Waals surface area contributed by atoms with E-state index in [1.165, 1.54) is 0 Å². The number of hydrogen-bond acceptors (Lipinski definition) is 3. The third-order valence-electron chi connectivity index (χ3n) is 3.40. The summed E-state index contributed by atoms with van der Waals surface area (Å²) in [5.41, 5.74) is 5.83. The first-order valence-corrected chi connectivity index (χ1v) is 6.14. The molecule has 0 bridgehead atoms. The van der Waals surface area contributed by atoms with E-state index in [0.29, 0.717) is 38.4 Å². The Labute approximate surface area is 96.3 Å². The summed E-state index contributed by atoms with van der Waals surface area (Å²) >= 11 is 0. The molecule has 92 valence electrons. The fourth-order valence-corrected chi connectivity index (χ4v) is 2.30. The molecule has 0 aromatic carbocycles. The van der Waals surface area contributed by atoms with Crippen molar-refractivity contribution in [1.82, 2.24) is 10.2 Å². The van der Waals surface area contributed by atoms with E-state index in [4.69, 9.17) is 10.5 Å². The summed E-state index contributed by atoms with van der Waals surface area (Å²) in [5, 5.41) is 3.08. The van der Waals surface area contributed by atoms with Crippen molar-refractivity contribution < 1.29 is 9.53 Å². The van der Waals surface area contributed by atoms with Gasteiger partial charge in [-0.25, -0.2) is 4.79 Å². The summed E-state index contributed by atoms with van der Waals surface area (Å²) < 4.78 is 5.22. The molecule has 1 heterocycles. The van der Waals surface area contributed by atoms with Gasteiger partial charge in [0.1, 0.15) is 0 Å². The second kappa shape index (κ2) is 5.50. The second-order valence-electron chi connectivity index (χ2n) is 4.66. The zero-order chi connectivity index (χ0) is 11.4. The van der Waals surface area contributed by atoms with Gasteiger partial charge in [-0.2, -0.15) is 0 Å². The predicted molar refractivity (Wildman–Crippen MR) is 61.2 cm³/mol. The highest BCUT2D eigenvalue weighted by Crippen LogP contribution is 2.17. The Bertz CT molecular complexity index is 233. The van der Waals surface area contributed by atoms with E-state index in [0.717, 1.165) is 25.7 Å². The molecular formula is C11H21N3O2. The van der Waals surface area contributed by atoms with Crippen molar-refractivity contribution in [3.63, 3.8) is 0 Å². The van der Waals surface area contributed by atoms with Gasteiger partial charge in [-0.05, 0) is 25.7 Å². The minimum Gasteiger partial charge on any atom is -0.378 e. The van der Waals surface area contributed by atoms with Gasteiger partial charge in [-0.3, -0.25) is 0 Å². The van der Waals surface area contributed by atoms with Gasteiger partial charge in [0, 0.05) is 25.2 Å². The number of urea groups is 1. The Morgan fingerprint density at radius 2 is 1.81 bits per heavy atom. The molecule has 16 heavy (non-hydrogen) atoms. The van der Waals surface area contributed by atoms with Gasteiger partial charge in [0.15, 0.2) is 0 Å². The van der Waals surface area contributed by atoms with Crippen LogP contribution in [0.5, 0.6) is 0 Å². The standard InChI is InChI=1S/C11H21N3O2/c12-9-1-3-10(4-2-9)13-11(15)14-5-7-16-8-6-14/h9-10H,1-8,12H2,(H,13,15). The molecule has 3 N–H and O–H groups in total. The summed E-state index contributed by atoms with van der Waals surface area (Å²) in [7, 11) is 0. The van der Waals surface area contributed by atoms with Crippen LogP contribution in [0.25, 0.3) is 0 Å². The van der Waals surface area contributed by atoms with Crippen molar-refractivity contribution in [3.8, 4) is 0 Å². The lowest BCUT2D eigenvalue weighted by Gasteiger charge is -2.31. The topological polar surface area (TPSA) is 67.6 Å². The largest absolute Gasteiger partial charge is 0.378 e. The van der Waals surface area contributed by atoms with Crippen LogP contribution in [0, 0.1) is 0 Å². The number of rotatable bonds is 1. The summed E-state index contributed by atoms with van der Waals surface area (Å²) in [6.07, 6.45) is 4.07. The number of nitrogens with one attached hydrogen (secondary N) is 1. The molecule has 5 heteroatoms. The maximum absolute atomic E-state index is 11.9. The molecule has 0 radical (unpaired) electrons. The van der Waals surface area contributed by atoms with Crippen LogP contribution in [0.2, 0.25) is 0 Å². The molecule has 2 rings (SSSR count). The molecule has 1 saturated carbocycles. The van der Waals surface area contributed by atoms with Crippen molar-refractivity contribution in [1.29, 1.82) is 0 Å². The minimum atomic E-state index is 0.0590. The molecule has 5 nitrogen and oxygen atoms in total. The molecule has 0 aromatic rings. The van der Waals surface area contributed by atoms with Gasteiger partial charge < -0.3 is 20.7 Å². The molecule has 1 aliphatic carbocycles. The highest BCUT2D eigenvalue weighted by molar-refractivity contribution is 5.74. The zero-order valence-electron chi connectivity index (χ0n) is 9.65. The third kappa shape index (κ3) is 3.09. The van der Waals surface area contributed by atoms with Crippen molar-refractivity contribution in [2.24, 2.45) is 5.73 Å². The molecule has 1 saturated heterocycles. The van der Waals surface area contributed by atoms with Gasteiger partial charge in [0.2, 0.25) is 0 Å². The average Bonchev–Trinajstić information content (AvgIpc) is 2.33. The Morgan fingerprint density at radius 1 is 1.19 bits per heavy atom. The van der Waals surface area contributed by atoms with E-state index in [1.54, 1.807) is 0 Å². The van der Waals surface area contributed by atoms with Crippen molar-refractivity contribution in [3.05, 3.63) is 0 Å². The number of hydrogen-bond donors (Lipinski definition) is 2. The summed E-state index contributed by atoms with van der Waals surface area (Å²) in [5.74, 6) is 0. The summed E-state index contributed by atoms with van der Waals surface area (Å²) in [6.45, 7) is 2.72. The summed E-state index contributed by atoms with van der Waals surface area (Å²) in [6, 6.07) is 0.704. The van der Waals surface area contributed by atoms with Gasteiger partial charge in [-0.15, -0.1) is 0 Å². The molecule has 2 fully saturated rings. The predicted octanol–water partition coefficient (Wildman–Crippen LogP) is 0.298. The SMILES string of the molecule is NC1CCC(NC(=O)N2CCOCC2)CC1. The minimum absolute atomic E-state index is 0.0590. The fourth-order valence-electron chi connectivity index (χ4n) is 2.30. The quantitative estimate of drug-likeness (QED) is 0.677. The number of nitrogens with zero attached hydrogens (tertiary/aromatic N) is 1. The summed E-state index contributed by atoms with van der Waals surface area (Å²) in [4.78, 5) is 13.7. The monoisotopic (exact) mass is 227 g/mol. The van der Waals surface area contributed by atoms with Crippen LogP contribution in [-0.4, -0.2) is 49.3 Å². The number of nitrogens with two attached hydrogens (primary N) is 1. The zero-order valence-corrected chi connectivity index (χ0v) is 9.65. The fraction of sp³-hybridized carbons (Fsp3) is 0.909. The van der Waals surface area contributed by atoms with Gasteiger partial charge in [0.25, 0.3) is 0 Å². The van der Waals surface area contributed by atoms with Crippen LogP contribution in [0.4, 0.5) is 4.79 Å². The molecule has 2 aliphatic rings. The maximum atomic E-state index is 11.9. The number of carbonyl (C=O) groups excluding carboxylic acids is 1. The van der Waals surface area contributed by atoms with Gasteiger partial charge in [0.05, 0.1) is 13.2 Å². The lowest BCUT2D eigenvalue weighted by atomic mass is 9.92. The Kier molecular flexibility index (Phi) is 4.01. The number of carbonyl (C=O) groups is 1. The molecular weight excluding hydrogens is 206 g/mol.